The number of aromatic amines is 1. The summed E-state index contributed by atoms with van der Waals surface area (Å²) >= 11 is 5.81. The lowest BCUT2D eigenvalue weighted by molar-refractivity contribution is -0.384. The minimum atomic E-state index is -1.34. The van der Waals surface area contributed by atoms with Crippen molar-refractivity contribution in [2.24, 2.45) is 5.10 Å². The highest BCUT2D eigenvalue weighted by Crippen LogP contribution is 2.24. The van der Waals surface area contributed by atoms with Gasteiger partial charge in [0.25, 0.3) is 23.1 Å². The van der Waals surface area contributed by atoms with Crippen LogP contribution in [0.2, 0.25) is 5.02 Å². The number of hydrazone groups is 1. The maximum atomic E-state index is 13.2. The van der Waals surface area contributed by atoms with Gasteiger partial charge in [-0.25, -0.2) is 10.5 Å². The Balaban J connectivity index is 1.66. The first-order valence-electron chi connectivity index (χ1n) is 10.4. The normalized spacial score (nSPS) is 11.8. The Kier molecular flexibility index (Phi) is 7.12. The van der Waals surface area contributed by atoms with E-state index in [-0.39, 0.29) is 21.8 Å². The summed E-state index contributed by atoms with van der Waals surface area (Å²) < 4.78 is 0. The van der Waals surface area contributed by atoms with Gasteiger partial charge in [0.1, 0.15) is 10.7 Å². The summed E-state index contributed by atoms with van der Waals surface area (Å²) in [5, 5.41) is 24.5. The van der Waals surface area contributed by atoms with Crippen LogP contribution >= 0.6 is 11.6 Å². The second-order valence-corrected chi connectivity index (χ2v) is 7.87. The van der Waals surface area contributed by atoms with E-state index in [1.54, 1.807) is 54.6 Å². The van der Waals surface area contributed by atoms with Crippen molar-refractivity contribution in [2.45, 2.75) is 6.04 Å². The number of nitrogens with zero attached hydrogens (tertiary/aromatic N) is 3. The molecule has 11 nitrogen and oxygen atoms in total. The molecule has 0 spiro atoms. The Hall–Kier alpha value is -4.90. The zero-order valence-electron chi connectivity index (χ0n) is 18.3. The van der Waals surface area contributed by atoms with Gasteiger partial charge in [-0.3, -0.25) is 24.5 Å². The molecule has 4 aromatic rings. The molecule has 4 rings (SSSR count). The summed E-state index contributed by atoms with van der Waals surface area (Å²) in [4.78, 5) is 48.7. The molecule has 1 aromatic heterocycles. The minimum Gasteiger partial charge on any atom is -0.335 e. The molecule has 0 bridgehead atoms. The number of fused-ring (bicyclic) bond motifs is 1. The number of nitro benzene ring substituents is 1. The molecule has 0 saturated carbocycles. The van der Waals surface area contributed by atoms with Crippen LogP contribution in [-0.4, -0.2) is 33.1 Å². The van der Waals surface area contributed by atoms with E-state index < -0.39 is 28.3 Å². The van der Waals surface area contributed by atoms with Gasteiger partial charge in [-0.1, -0.05) is 54.1 Å². The Labute approximate surface area is 208 Å². The summed E-state index contributed by atoms with van der Waals surface area (Å²) in [6.45, 7) is 0. The molecule has 3 N–H and O–H groups in total. The maximum absolute atomic E-state index is 13.2. The molecule has 0 radical (unpaired) electrons. The van der Waals surface area contributed by atoms with Crippen molar-refractivity contribution < 1.29 is 14.5 Å². The summed E-state index contributed by atoms with van der Waals surface area (Å²) in [5.74, 6) is -1.31. The van der Waals surface area contributed by atoms with Gasteiger partial charge in [0.15, 0.2) is 6.04 Å². The maximum Gasteiger partial charge on any atom is 0.288 e. The molecule has 0 aliphatic rings. The number of carbonyl (C=O) groups is 2. The van der Waals surface area contributed by atoms with Crippen LogP contribution in [-0.2, 0) is 4.79 Å². The fourth-order valence-electron chi connectivity index (χ4n) is 3.40. The van der Waals surface area contributed by atoms with Gasteiger partial charge < -0.3 is 5.32 Å². The molecule has 0 aliphatic heterocycles. The van der Waals surface area contributed by atoms with E-state index in [4.69, 9.17) is 11.6 Å². The van der Waals surface area contributed by atoms with Crippen molar-refractivity contribution in [3.05, 3.63) is 115 Å². The first-order chi connectivity index (χ1) is 17.3. The molecule has 0 unspecified atom stereocenters. The monoisotopic (exact) mass is 504 g/mol. The van der Waals surface area contributed by atoms with Crippen LogP contribution in [0, 0.1) is 10.1 Å². The third kappa shape index (κ3) is 5.26. The molecular formula is C24H17ClN6O5. The summed E-state index contributed by atoms with van der Waals surface area (Å²) in [6.07, 6.45) is 1.19. The topological polar surface area (TPSA) is 159 Å². The van der Waals surface area contributed by atoms with Crippen LogP contribution in [0.15, 0.2) is 82.7 Å². The van der Waals surface area contributed by atoms with Crippen LogP contribution in [0.4, 0.5) is 5.69 Å². The van der Waals surface area contributed by atoms with Crippen molar-refractivity contribution >= 4 is 46.1 Å². The van der Waals surface area contributed by atoms with Gasteiger partial charge in [-0.05, 0) is 24.3 Å². The Morgan fingerprint density at radius 1 is 1.06 bits per heavy atom. The highest BCUT2D eigenvalue weighted by Gasteiger charge is 2.27. The standard InChI is InChI=1S/C24H17ClN6O5/c25-18-11-10-14(12-19(18)31(35)36)13-26-29-24(34)21(27-22(32)15-6-2-1-3-7-15)20-16-8-4-5-9-17(16)23(33)30-28-20/h1-13,21H,(H,27,32)(H,29,34)(H,30,33)/b26-13-/t21-/m0/s1. The SMILES string of the molecule is O=C(N[C@H](C(=O)N/N=C\c1ccc(Cl)c([N+](=O)[O-])c1)c1n[nH]c(=O)c2ccccc12)c1ccccc1. The third-order valence-electron chi connectivity index (χ3n) is 5.13. The highest BCUT2D eigenvalue weighted by atomic mass is 35.5. The van der Waals surface area contributed by atoms with Crippen LogP contribution in [0.5, 0.6) is 0 Å². The summed E-state index contributed by atoms with van der Waals surface area (Å²) in [7, 11) is 0. The smallest absolute Gasteiger partial charge is 0.288 e. The van der Waals surface area contributed by atoms with Gasteiger partial charge in [-0.15, -0.1) is 0 Å². The molecule has 0 saturated heterocycles. The lowest BCUT2D eigenvalue weighted by Gasteiger charge is -2.18. The van der Waals surface area contributed by atoms with E-state index in [0.29, 0.717) is 16.5 Å². The number of carbonyl (C=O) groups excluding carboxylic acids is 2. The molecule has 1 atom stereocenters. The second-order valence-electron chi connectivity index (χ2n) is 7.46. The van der Waals surface area contributed by atoms with E-state index in [2.05, 4.69) is 26.0 Å². The lowest BCUT2D eigenvalue weighted by atomic mass is 10.0. The van der Waals surface area contributed by atoms with Gasteiger partial charge in [-0.2, -0.15) is 10.2 Å². The molecule has 36 heavy (non-hydrogen) atoms. The quantitative estimate of drug-likeness (QED) is 0.199. The van der Waals surface area contributed by atoms with Crippen LogP contribution in [0.25, 0.3) is 10.8 Å². The number of benzene rings is 3. The lowest BCUT2D eigenvalue weighted by Crippen LogP contribution is -2.40. The average molecular weight is 505 g/mol. The Bertz CT molecular complexity index is 1550. The van der Waals surface area contributed by atoms with Crippen LogP contribution < -0.4 is 16.3 Å². The Morgan fingerprint density at radius 3 is 2.47 bits per heavy atom. The highest BCUT2D eigenvalue weighted by molar-refractivity contribution is 6.32. The number of nitro groups is 1. The van der Waals surface area contributed by atoms with Gasteiger partial charge in [0, 0.05) is 22.6 Å². The van der Waals surface area contributed by atoms with Crippen molar-refractivity contribution in [1.29, 1.82) is 0 Å². The molecule has 180 valence electrons. The molecule has 2 amide bonds. The van der Waals surface area contributed by atoms with E-state index >= 15 is 0 Å². The average Bonchev–Trinajstić information content (AvgIpc) is 2.89. The van der Waals surface area contributed by atoms with E-state index in [0.717, 1.165) is 0 Å². The van der Waals surface area contributed by atoms with Crippen molar-refractivity contribution in [3.8, 4) is 0 Å². The molecule has 0 fully saturated rings. The third-order valence-corrected chi connectivity index (χ3v) is 5.45. The fraction of sp³-hybridized carbons (Fsp3) is 0.0417. The number of H-pyrrole nitrogens is 1. The largest absolute Gasteiger partial charge is 0.335 e. The number of aromatic nitrogens is 2. The first-order valence-corrected chi connectivity index (χ1v) is 10.8. The number of hydrogen-bond acceptors (Lipinski definition) is 7. The molecule has 3 aromatic carbocycles. The number of rotatable bonds is 7. The molecular weight excluding hydrogens is 488 g/mol. The molecule has 12 heteroatoms. The second kappa shape index (κ2) is 10.6. The first kappa shape index (κ1) is 24.2. The van der Waals surface area contributed by atoms with Gasteiger partial charge in [0.2, 0.25) is 0 Å². The number of amides is 2. The minimum absolute atomic E-state index is 0.0408. The molecule has 0 aliphatic carbocycles. The summed E-state index contributed by atoms with van der Waals surface area (Å²) in [6, 6.07) is 17.4. The van der Waals surface area contributed by atoms with Crippen LogP contribution in [0.3, 0.4) is 0 Å². The van der Waals surface area contributed by atoms with Gasteiger partial charge >= 0.3 is 0 Å². The zero-order chi connectivity index (χ0) is 25.7. The fourth-order valence-corrected chi connectivity index (χ4v) is 3.59. The number of halogens is 1. The van der Waals surface area contributed by atoms with Crippen molar-refractivity contribution in [2.75, 3.05) is 0 Å². The van der Waals surface area contributed by atoms with E-state index in [1.807, 2.05) is 0 Å². The van der Waals surface area contributed by atoms with Crippen LogP contribution in [0.1, 0.15) is 27.7 Å². The zero-order valence-corrected chi connectivity index (χ0v) is 19.1. The predicted octanol–water partition coefficient (Wildman–Crippen LogP) is 3.11. The van der Waals surface area contributed by atoms with E-state index in [9.17, 15) is 24.5 Å². The van der Waals surface area contributed by atoms with Gasteiger partial charge in [0.05, 0.1) is 16.5 Å². The molecule has 1 heterocycles. The summed E-state index contributed by atoms with van der Waals surface area (Å²) in [5.41, 5.74) is 2.26. The number of nitrogens with one attached hydrogen (secondary N) is 3. The Morgan fingerprint density at radius 2 is 1.75 bits per heavy atom. The van der Waals surface area contributed by atoms with E-state index in [1.165, 1.54) is 24.4 Å². The van der Waals surface area contributed by atoms with Crippen molar-refractivity contribution in [3.63, 3.8) is 0 Å². The van der Waals surface area contributed by atoms with Crippen molar-refractivity contribution in [1.82, 2.24) is 20.9 Å². The predicted molar refractivity (Wildman–Crippen MR) is 133 cm³/mol. The number of hydrogen-bond donors (Lipinski definition) is 3.